The number of aromatic nitrogens is 1. The number of aryl methyl sites for hydroxylation is 1. The van der Waals surface area contributed by atoms with Gasteiger partial charge in [0, 0.05) is 58.1 Å². The Labute approximate surface area is 178 Å². The fraction of sp³-hybridized carbons (Fsp3) is 0.462. The summed E-state index contributed by atoms with van der Waals surface area (Å²) in [7, 11) is 0. The summed E-state index contributed by atoms with van der Waals surface area (Å²) in [5.74, 6) is 0.127. The number of fused-ring (bicyclic) bond motifs is 3. The van der Waals surface area contributed by atoms with Crippen molar-refractivity contribution in [1.29, 1.82) is 0 Å². The van der Waals surface area contributed by atoms with Crippen LogP contribution >= 0.6 is 0 Å². The molecular formula is C26H32N2O2. The summed E-state index contributed by atoms with van der Waals surface area (Å²) < 4.78 is 2.36. The lowest BCUT2D eigenvalue weighted by Gasteiger charge is -2.39. The highest BCUT2D eigenvalue weighted by molar-refractivity contribution is 6.12. The van der Waals surface area contributed by atoms with Gasteiger partial charge in [-0.3, -0.25) is 14.5 Å². The number of hydrogen-bond donors (Lipinski definition) is 0. The Morgan fingerprint density at radius 1 is 0.833 bits per heavy atom. The van der Waals surface area contributed by atoms with Crippen molar-refractivity contribution < 1.29 is 9.59 Å². The first-order valence-electron chi connectivity index (χ1n) is 11.2. The van der Waals surface area contributed by atoms with E-state index in [0.717, 1.165) is 41.3 Å². The predicted molar refractivity (Wildman–Crippen MR) is 124 cm³/mol. The van der Waals surface area contributed by atoms with Crippen LogP contribution in [-0.4, -0.2) is 39.7 Å². The lowest BCUT2D eigenvalue weighted by Crippen LogP contribution is -2.44. The first kappa shape index (κ1) is 20.8. The topological polar surface area (TPSA) is 42.3 Å². The maximum Gasteiger partial charge on any atom is 0.159 e. The van der Waals surface area contributed by atoms with Gasteiger partial charge >= 0.3 is 0 Å². The van der Waals surface area contributed by atoms with E-state index in [1.165, 1.54) is 19.3 Å². The van der Waals surface area contributed by atoms with Crippen LogP contribution < -0.4 is 0 Å². The molecule has 2 aromatic carbocycles. The van der Waals surface area contributed by atoms with Gasteiger partial charge in [0.25, 0.3) is 0 Å². The van der Waals surface area contributed by atoms with Gasteiger partial charge in [-0.25, -0.2) is 0 Å². The first-order chi connectivity index (χ1) is 14.4. The molecule has 1 saturated heterocycles. The van der Waals surface area contributed by atoms with Crippen LogP contribution in [0.2, 0.25) is 0 Å². The number of ketones is 2. The van der Waals surface area contributed by atoms with Crippen LogP contribution in [0.3, 0.4) is 0 Å². The minimum atomic E-state index is 0.0635. The van der Waals surface area contributed by atoms with Gasteiger partial charge in [0.15, 0.2) is 11.6 Å². The van der Waals surface area contributed by atoms with Gasteiger partial charge < -0.3 is 4.57 Å². The van der Waals surface area contributed by atoms with Crippen LogP contribution in [0, 0.1) is 0 Å². The molecule has 158 valence electrons. The van der Waals surface area contributed by atoms with Crippen molar-refractivity contribution >= 4 is 33.4 Å². The summed E-state index contributed by atoms with van der Waals surface area (Å²) in [6, 6.07) is 13.2. The minimum Gasteiger partial charge on any atom is -0.340 e. The Balaban J connectivity index is 1.70. The van der Waals surface area contributed by atoms with Gasteiger partial charge in [0.05, 0.1) is 0 Å². The number of carbonyl (C=O) groups excluding carboxylic acids is 2. The molecule has 2 heterocycles. The van der Waals surface area contributed by atoms with E-state index in [4.69, 9.17) is 0 Å². The maximum atomic E-state index is 11.9. The second-order valence-corrected chi connectivity index (χ2v) is 8.95. The zero-order chi connectivity index (χ0) is 21.4. The van der Waals surface area contributed by atoms with Crippen LogP contribution in [0.5, 0.6) is 0 Å². The van der Waals surface area contributed by atoms with Crippen molar-refractivity contribution in [2.75, 3.05) is 6.54 Å². The normalized spacial score (nSPS) is 20.1. The highest BCUT2D eigenvalue weighted by atomic mass is 16.1. The van der Waals surface area contributed by atoms with E-state index >= 15 is 0 Å². The van der Waals surface area contributed by atoms with Crippen molar-refractivity contribution in [2.45, 2.75) is 72.0 Å². The van der Waals surface area contributed by atoms with Gasteiger partial charge in [-0.05, 0) is 83.4 Å². The highest BCUT2D eigenvalue weighted by Gasteiger charge is 2.24. The SMILES string of the molecule is CC(=O)c1ccc2c(c1)c1cc(C(C)=O)ccc1n2CCCN1C(C)CCCC1C. The molecule has 0 saturated carbocycles. The molecule has 0 bridgehead atoms. The van der Waals surface area contributed by atoms with E-state index in [9.17, 15) is 9.59 Å². The third kappa shape index (κ3) is 3.81. The molecule has 2 unspecified atom stereocenters. The van der Waals surface area contributed by atoms with Crippen molar-refractivity contribution in [1.82, 2.24) is 9.47 Å². The van der Waals surface area contributed by atoms with E-state index in [0.29, 0.717) is 23.2 Å². The third-order valence-corrected chi connectivity index (χ3v) is 6.85. The van der Waals surface area contributed by atoms with E-state index in [2.05, 4.69) is 35.4 Å². The van der Waals surface area contributed by atoms with Gasteiger partial charge in [0.2, 0.25) is 0 Å². The average Bonchev–Trinajstić information content (AvgIpc) is 3.02. The lowest BCUT2D eigenvalue weighted by atomic mass is 9.97. The monoisotopic (exact) mass is 404 g/mol. The maximum absolute atomic E-state index is 11.9. The van der Waals surface area contributed by atoms with Crippen molar-refractivity contribution in [2.24, 2.45) is 0 Å². The third-order valence-electron chi connectivity index (χ3n) is 6.85. The van der Waals surface area contributed by atoms with Crippen LogP contribution in [0.4, 0.5) is 0 Å². The van der Waals surface area contributed by atoms with Crippen molar-refractivity contribution in [3.8, 4) is 0 Å². The molecule has 2 atom stereocenters. The summed E-state index contributed by atoms with van der Waals surface area (Å²) in [4.78, 5) is 26.6. The molecule has 0 N–H and O–H groups in total. The largest absolute Gasteiger partial charge is 0.340 e. The Morgan fingerprint density at radius 3 is 1.80 bits per heavy atom. The minimum absolute atomic E-state index is 0.0635. The predicted octanol–water partition coefficient (Wildman–Crippen LogP) is 5.85. The molecule has 1 fully saturated rings. The average molecular weight is 405 g/mol. The zero-order valence-corrected chi connectivity index (χ0v) is 18.6. The Hall–Kier alpha value is -2.46. The molecule has 30 heavy (non-hydrogen) atoms. The number of nitrogens with zero attached hydrogens (tertiary/aromatic N) is 2. The van der Waals surface area contributed by atoms with Crippen LogP contribution in [0.1, 0.15) is 74.1 Å². The molecule has 0 radical (unpaired) electrons. The van der Waals surface area contributed by atoms with Crippen molar-refractivity contribution in [3.05, 3.63) is 47.5 Å². The lowest BCUT2D eigenvalue weighted by molar-refractivity contribution is 0.100. The molecule has 1 aliphatic rings. The van der Waals surface area contributed by atoms with E-state index in [1.54, 1.807) is 13.8 Å². The van der Waals surface area contributed by atoms with E-state index in [1.807, 2.05) is 24.3 Å². The summed E-state index contributed by atoms with van der Waals surface area (Å²) in [5.41, 5.74) is 3.70. The number of hydrogen-bond acceptors (Lipinski definition) is 3. The summed E-state index contributed by atoms with van der Waals surface area (Å²) >= 11 is 0. The first-order valence-corrected chi connectivity index (χ1v) is 11.2. The number of Topliss-reactive ketones (excluding diaryl/α,β-unsaturated/α-hetero) is 2. The standard InChI is InChI=1S/C26H32N2O2/c1-17-7-5-8-18(2)27(17)13-6-14-28-25-11-9-21(19(3)29)15-23(25)24-16-22(20(4)30)10-12-26(24)28/h9-12,15-18H,5-8,13-14H2,1-4H3. The molecule has 4 rings (SSSR count). The highest BCUT2D eigenvalue weighted by Crippen LogP contribution is 2.31. The van der Waals surface area contributed by atoms with Gasteiger partial charge in [-0.1, -0.05) is 6.42 Å². The molecule has 4 nitrogen and oxygen atoms in total. The number of likely N-dealkylation sites (tertiary alicyclic amines) is 1. The molecule has 1 aromatic heterocycles. The fourth-order valence-electron chi connectivity index (χ4n) is 5.11. The number of carbonyl (C=O) groups is 2. The molecule has 4 heteroatoms. The Kier molecular flexibility index (Phi) is 5.79. The van der Waals surface area contributed by atoms with E-state index in [-0.39, 0.29) is 11.6 Å². The van der Waals surface area contributed by atoms with E-state index < -0.39 is 0 Å². The van der Waals surface area contributed by atoms with Crippen molar-refractivity contribution in [3.63, 3.8) is 0 Å². The molecule has 3 aromatic rings. The molecule has 0 spiro atoms. The number of piperidine rings is 1. The van der Waals surface area contributed by atoms with Gasteiger partial charge in [-0.2, -0.15) is 0 Å². The van der Waals surface area contributed by atoms with Crippen LogP contribution in [0.15, 0.2) is 36.4 Å². The zero-order valence-electron chi connectivity index (χ0n) is 18.6. The fourth-order valence-corrected chi connectivity index (χ4v) is 5.11. The van der Waals surface area contributed by atoms with Gasteiger partial charge in [-0.15, -0.1) is 0 Å². The second kappa shape index (κ2) is 8.35. The van der Waals surface area contributed by atoms with Gasteiger partial charge in [0.1, 0.15) is 0 Å². The Bertz CT molecular complexity index is 1030. The quantitative estimate of drug-likeness (QED) is 0.484. The summed E-state index contributed by atoms with van der Waals surface area (Å²) in [6.07, 6.45) is 5.00. The molecule has 0 aliphatic carbocycles. The Morgan fingerprint density at radius 2 is 1.33 bits per heavy atom. The molecule has 1 aliphatic heterocycles. The number of benzene rings is 2. The number of rotatable bonds is 6. The smallest absolute Gasteiger partial charge is 0.159 e. The molecular weight excluding hydrogens is 372 g/mol. The summed E-state index contributed by atoms with van der Waals surface area (Å²) in [6.45, 7) is 9.92. The van der Waals surface area contributed by atoms with Crippen LogP contribution in [0.25, 0.3) is 21.8 Å². The summed E-state index contributed by atoms with van der Waals surface area (Å²) in [5, 5.41) is 2.11. The molecule has 0 amide bonds. The second-order valence-electron chi connectivity index (χ2n) is 8.95. The van der Waals surface area contributed by atoms with Crippen LogP contribution in [-0.2, 0) is 6.54 Å².